The Labute approximate surface area is 128 Å². The van der Waals surface area contributed by atoms with E-state index < -0.39 is 0 Å². The summed E-state index contributed by atoms with van der Waals surface area (Å²) in [5, 5.41) is 6.78. The molecule has 0 fully saturated rings. The van der Waals surface area contributed by atoms with Crippen LogP contribution in [0, 0.1) is 0 Å². The number of carbonyl (C=O) groups excluding carboxylic acids is 1. The van der Waals surface area contributed by atoms with Crippen LogP contribution in [0.15, 0.2) is 18.2 Å². The van der Waals surface area contributed by atoms with Gasteiger partial charge in [-0.15, -0.1) is 0 Å². The zero-order chi connectivity index (χ0) is 14.8. The Balaban J connectivity index is 2.16. The molecule has 0 aliphatic heterocycles. The Morgan fingerprint density at radius 1 is 1.15 bits per heavy atom. The summed E-state index contributed by atoms with van der Waals surface area (Å²) in [5.74, 6) is 0.269. The first kappa shape index (κ1) is 17.0. The maximum absolute atomic E-state index is 11.5. The summed E-state index contributed by atoms with van der Waals surface area (Å²) in [5.41, 5.74) is 0. The second-order valence-corrected chi connectivity index (χ2v) is 4.86. The number of nitrogens with one attached hydrogen (secondary N) is 2. The number of hydrogen-bond donors (Lipinski definition) is 2. The summed E-state index contributed by atoms with van der Waals surface area (Å²) in [4.78, 5) is 11.5. The molecule has 0 saturated heterocycles. The first-order chi connectivity index (χ1) is 9.61. The first-order valence-corrected chi connectivity index (χ1v) is 6.92. The van der Waals surface area contributed by atoms with E-state index in [9.17, 15) is 4.79 Å². The number of methoxy groups -OCH3 is 1. The number of benzene rings is 1. The van der Waals surface area contributed by atoms with Gasteiger partial charge in [0.05, 0.1) is 6.61 Å². The third-order valence-corrected chi connectivity index (χ3v) is 2.75. The highest BCUT2D eigenvalue weighted by Crippen LogP contribution is 2.23. The molecule has 0 aliphatic carbocycles. The van der Waals surface area contributed by atoms with Gasteiger partial charge < -0.3 is 20.1 Å². The predicted molar refractivity (Wildman–Crippen MR) is 79.7 cm³/mol. The summed E-state index contributed by atoms with van der Waals surface area (Å²) in [6.45, 7) is 2.53. The zero-order valence-corrected chi connectivity index (χ0v) is 12.8. The van der Waals surface area contributed by atoms with Crippen LogP contribution in [0.5, 0.6) is 5.75 Å². The van der Waals surface area contributed by atoms with Gasteiger partial charge in [0.1, 0.15) is 5.75 Å². The topological polar surface area (TPSA) is 59.6 Å². The lowest BCUT2D eigenvalue weighted by Gasteiger charge is -2.08. The van der Waals surface area contributed by atoms with Crippen LogP contribution in [0.25, 0.3) is 0 Å². The highest BCUT2D eigenvalue weighted by molar-refractivity contribution is 6.34. The van der Waals surface area contributed by atoms with Crippen LogP contribution in [-0.2, 0) is 9.53 Å². The molecule has 0 heterocycles. The van der Waals surface area contributed by atoms with Gasteiger partial charge in [-0.2, -0.15) is 0 Å². The van der Waals surface area contributed by atoms with E-state index in [1.807, 2.05) is 0 Å². The molecule has 1 aromatic rings. The molecule has 7 heteroatoms. The van der Waals surface area contributed by atoms with Gasteiger partial charge in [0, 0.05) is 36.8 Å². The molecule has 1 amide bonds. The van der Waals surface area contributed by atoms with Gasteiger partial charge in [-0.05, 0) is 18.2 Å². The van der Waals surface area contributed by atoms with Gasteiger partial charge in [0.25, 0.3) is 5.91 Å². The highest BCUT2D eigenvalue weighted by atomic mass is 35.5. The largest absolute Gasteiger partial charge is 0.484 e. The lowest BCUT2D eigenvalue weighted by atomic mass is 10.3. The quantitative estimate of drug-likeness (QED) is 0.680. The SMILES string of the molecule is COCCNCCNC(=O)COc1cc(Cl)cc(Cl)c1. The van der Waals surface area contributed by atoms with E-state index in [1.165, 1.54) is 0 Å². The molecule has 0 aliphatic rings. The van der Waals surface area contributed by atoms with E-state index in [1.54, 1.807) is 25.3 Å². The van der Waals surface area contributed by atoms with Crippen molar-refractivity contribution in [2.75, 3.05) is 40.0 Å². The van der Waals surface area contributed by atoms with E-state index in [0.717, 1.165) is 6.54 Å². The number of halogens is 2. The molecular weight excluding hydrogens is 303 g/mol. The minimum atomic E-state index is -0.199. The lowest BCUT2D eigenvalue weighted by Crippen LogP contribution is -2.35. The Kier molecular flexibility index (Phi) is 8.37. The Morgan fingerprint density at radius 2 is 1.85 bits per heavy atom. The molecular formula is C13H18Cl2N2O3. The van der Waals surface area contributed by atoms with Gasteiger partial charge in [0.2, 0.25) is 0 Å². The van der Waals surface area contributed by atoms with Crippen LogP contribution < -0.4 is 15.4 Å². The minimum Gasteiger partial charge on any atom is -0.484 e. The highest BCUT2D eigenvalue weighted by Gasteiger charge is 2.04. The van der Waals surface area contributed by atoms with E-state index in [-0.39, 0.29) is 12.5 Å². The zero-order valence-electron chi connectivity index (χ0n) is 11.2. The fourth-order valence-corrected chi connectivity index (χ4v) is 1.91. The van der Waals surface area contributed by atoms with Crippen molar-refractivity contribution in [3.8, 4) is 5.75 Å². The molecule has 0 aromatic heterocycles. The molecule has 1 rings (SSSR count). The molecule has 1 aromatic carbocycles. The van der Waals surface area contributed by atoms with Crippen LogP contribution in [-0.4, -0.2) is 45.9 Å². The van der Waals surface area contributed by atoms with Crippen LogP contribution in [0.3, 0.4) is 0 Å². The monoisotopic (exact) mass is 320 g/mol. The van der Waals surface area contributed by atoms with Crippen molar-refractivity contribution in [3.05, 3.63) is 28.2 Å². The number of amides is 1. The molecule has 0 bridgehead atoms. The predicted octanol–water partition coefficient (Wildman–Crippen LogP) is 1.72. The Morgan fingerprint density at radius 3 is 2.50 bits per heavy atom. The van der Waals surface area contributed by atoms with Gasteiger partial charge in [-0.3, -0.25) is 4.79 Å². The number of rotatable bonds is 9. The average molecular weight is 321 g/mol. The first-order valence-electron chi connectivity index (χ1n) is 6.17. The summed E-state index contributed by atoms with van der Waals surface area (Å²) >= 11 is 11.7. The van der Waals surface area contributed by atoms with Crippen molar-refractivity contribution in [1.29, 1.82) is 0 Å². The molecule has 0 atom stereocenters. The summed E-state index contributed by atoms with van der Waals surface area (Å²) < 4.78 is 10.2. The van der Waals surface area contributed by atoms with Gasteiger partial charge in [0.15, 0.2) is 6.61 Å². The van der Waals surface area contributed by atoms with Crippen molar-refractivity contribution in [2.24, 2.45) is 0 Å². The smallest absolute Gasteiger partial charge is 0.257 e. The minimum absolute atomic E-state index is 0.0747. The van der Waals surface area contributed by atoms with Crippen LogP contribution >= 0.6 is 23.2 Å². The maximum Gasteiger partial charge on any atom is 0.257 e. The van der Waals surface area contributed by atoms with Crippen molar-refractivity contribution in [1.82, 2.24) is 10.6 Å². The summed E-state index contributed by atoms with van der Waals surface area (Å²) in [6.07, 6.45) is 0. The van der Waals surface area contributed by atoms with E-state index in [0.29, 0.717) is 35.5 Å². The number of carbonyl (C=O) groups is 1. The molecule has 0 radical (unpaired) electrons. The van der Waals surface area contributed by atoms with Crippen molar-refractivity contribution in [2.45, 2.75) is 0 Å². The normalized spacial score (nSPS) is 10.3. The third kappa shape index (κ3) is 7.55. The molecule has 112 valence electrons. The van der Waals surface area contributed by atoms with Gasteiger partial charge in [-0.1, -0.05) is 23.2 Å². The molecule has 0 saturated carbocycles. The Hall–Kier alpha value is -1.01. The maximum atomic E-state index is 11.5. The van der Waals surface area contributed by atoms with E-state index in [2.05, 4.69) is 10.6 Å². The molecule has 2 N–H and O–H groups in total. The summed E-state index contributed by atoms with van der Waals surface area (Å²) in [7, 11) is 1.64. The number of ether oxygens (including phenoxy) is 2. The second kappa shape index (κ2) is 9.83. The molecule has 5 nitrogen and oxygen atoms in total. The van der Waals surface area contributed by atoms with Crippen molar-refractivity contribution >= 4 is 29.1 Å². The van der Waals surface area contributed by atoms with Crippen LogP contribution in [0.1, 0.15) is 0 Å². The number of hydrogen-bond acceptors (Lipinski definition) is 4. The fourth-order valence-electron chi connectivity index (χ4n) is 1.40. The van der Waals surface area contributed by atoms with Gasteiger partial charge in [-0.25, -0.2) is 0 Å². The van der Waals surface area contributed by atoms with E-state index >= 15 is 0 Å². The van der Waals surface area contributed by atoms with Crippen LogP contribution in [0.2, 0.25) is 10.0 Å². The molecule has 0 unspecified atom stereocenters. The van der Waals surface area contributed by atoms with Crippen molar-refractivity contribution in [3.63, 3.8) is 0 Å². The van der Waals surface area contributed by atoms with Gasteiger partial charge >= 0.3 is 0 Å². The second-order valence-electron chi connectivity index (χ2n) is 3.99. The van der Waals surface area contributed by atoms with E-state index in [4.69, 9.17) is 32.7 Å². The third-order valence-electron chi connectivity index (χ3n) is 2.31. The molecule has 0 spiro atoms. The lowest BCUT2D eigenvalue weighted by molar-refractivity contribution is -0.123. The molecule has 20 heavy (non-hydrogen) atoms. The fraction of sp³-hybridized carbons (Fsp3) is 0.462. The van der Waals surface area contributed by atoms with Crippen LogP contribution in [0.4, 0.5) is 0 Å². The van der Waals surface area contributed by atoms with Crippen molar-refractivity contribution < 1.29 is 14.3 Å². The average Bonchev–Trinajstić information content (AvgIpc) is 2.39. The standard InChI is InChI=1S/C13H18Cl2N2O3/c1-19-5-4-16-2-3-17-13(18)9-20-12-7-10(14)6-11(15)8-12/h6-8,16H,2-5,9H2,1H3,(H,17,18). The summed E-state index contributed by atoms with van der Waals surface area (Å²) in [6, 6.07) is 4.81. The Bertz CT molecular complexity index is 410.